The number of nitro groups is 1. The Kier molecular flexibility index (Phi) is 4.94. The van der Waals surface area contributed by atoms with Crippen LogP contribution in [-0.2, 0) is 9.53 Å². The maximum absolute atomic E-state index is 12.3. The number of rotatable bonds is 5. The summed E-state index contributed by atoms with van der Waals surface area (Å²) in [4.78, 5) is 35.3. The molecular weight excluding hydrogens is 356 g/mol. The SMILES string of the molecule is C[C@@H](OC(=O)c1cc2ccccc2s1)C(=O)Nc1ccccc1[N+](=O)[O-]. The number of fused-ring (bicyclic) bond motifs is 1. The van der Waals surface area contributed by atoms with Gasteiger partial charge in [-0.25, -0.2) is 4.79 Å². The van der Waals surface area contributed by atoms with Gasteiger partial charge in [0, 0.05) is 10.8 Å². The number of carbonyl (C=O) groups is 2. The molecule has 3 aromatic rings. The molecule has 1 atom stereocenters. The van der Waals surface area contributed by atoms with E-state index < -0.39 is 22.9 Å². The number of ether oxygens (including phenoxy) is 1. The average molecular weight is 370 g/mol. The van der Waals surface area contributed by atoms with Crippen molar-refractivity contribution >= 4 is 44.7 Å². The van der Waals surface area contributed by atoms with Crippen molar-refractivity contribution in [1.29, 1.82) is 0 Å². The molecule has 8 heteroatoms. The zero-order valence-electron chi connectivity index (χ0n) is 13.7. The zero-order chi connectivity index (χ0) is 18.7. The molecule has 3 rings (SSSR count). The summed E-state index contributed by atoms with van der Waals surface area (Å²) < 4.78 is 6.13. The van der Waals surface area contributed by atoms with E-state index in [1.54, 1.807) is 12.1 Å². The van der Waals surface area contributed by atoms with Crippen molar-refractivity contribution in [2.45, 2.75) is 13.0 Å². The van der Waals surface area contributed by atoms with E-state index in [1.807, 2.05) is 24.3 Å². The van der Waals surface area contributed by atoms with E-state index in [2.05, 4.69) is 5.32 Å². The lowest BCUT2D eigenvalue weighted by atomic mass is 10.2. The van der Waals surface area contributed by atoms with Crippen LogP contribution in [0.25, 0.3) is 10.1 Å². The number of hydrogen-bond donors (Lipinski definition) is 1. The van der Waals surface area contributed by atoms with Crippen molar-refractivity contribution in [2.75, 3.05) is 5.32 Å². The number of esters is 1. The summed E-state index contributed by atoms with van der Waals surface area (Å²) >= 11 is 1.27. The molecule has 0 radical (unpaired) electrons. The second kappa shape index (κ2) is 7.32. The number of amides is 1. The van der Waals surface area contributed by atoms with Gasteiger partial charge in [-0.1, -0.05) is 30.3 Å². The molecule has 132 valence electrons. The number of hydrogen-bond acceptors (Lipinski definition) is 6. The Hall–Kier alpha value is -3.26. The minimum Gasteiger partial charge on any atom is -0.448 e. The average Bonchev–Trinajstić information content (AvgIpc) is 3.06. The predicted molar refractivity (Wildman–Crippen MR) is 98.4 cm³/mol. The molecule has 0 saturated carbocycles. The van der Waals surface area contributed by atoms with Crippen molar-refractivity contribution < 1.29 is 19.2 Å². The van der Waals surface area contributed by atoms with Gasteiger partial charge >= 0.3 is 5.97 Å². The molecule has 1 aromatic heterocycles. The fraction of sp³-hybridized carbons (Fsp3) is 0.111. The number of benzene rings is 2. The summed E-state index contributed by atoms with van der Waals surface area (Å²) in [5, 5.41) is 14.3. The van der Waals surface area contributed by atoms with Gasteiger partial charge in [-0.2, -0.15) is 0 Å². The first-order chi connectivity index (χ1) is 12.5. The number of anilines is 1. The molecule has 0 unspecified atom stereocenters. The summed E-state index contributed by atoms with van der Waals surface area (Å²) in [6, 6.07) is 15.0. The molecule has 1 N–H and O–H groups in total. The number of nitrogens with one attached hydrogen (secondary N) is 1. The van der Waals surface area contributed by atoms with Crippen molar-refractivity contribution in [3.8, 4) is 0 Å². The molecule has 26 heavy (non-hydrogen) atoms. The van der Waals surface area contributed by atoms with Gasteiger partial charge in [0.1, 0.15) is 10.6 Å². The molecule has 2 aromatic carbocycles. The van der Waals surface area contributed by atoms with Gasteiger partial charge in [0.25, 0.3) is 11.6 Å². The Balaban J connectivity index is 1.69. The van der Waals surface area contributed by atoms with Gasteiger partial charge in [0.15, 0.2) is 6.10 Å². The minimum atomic E-state index is -1.10. The van der Waals surface area contributed by atoms with Crippen molar-refractivity contribution in [3.63, 3.8) is 0 Å². The van der Waals surface area contributed by atoms with Crippen molar-refractivity contribution in [2.24, 2.45) is 0 Å². The molecular formula is C18H14N2O5S. The van der Waals surface area contributed by atoms with Gasteiger partial charge in [0.2, 0.25) is 0 Å². The second-order valence-electron chi connectivity index (χ2n) is 5.46. The van der Waals surface area contributed by atoms with Crippen molar-refractivity contribution in [3.05, 3.63) is 69.6 Å². The van der Waals surface area contributed by atoms with E-state index >= 15 is 0 Å². The first-order valence-electron chi connectivity index (χ1n) is 7.69. The maximum Gasteiger partial charge on any atom is 0.349 e. The standard InChI is InChI=1S/C18H14N2O5S/c1-11(17(21)19-13-7-3-4-8-14(13)20(23)24)25-18(22)16-10-12-6-2-5-9-15(12)26-16/h2-11H,1H3,(H,19,21)/t11-/m1/s1. The van der Waals surface area contributed by atoms with Crippen LogP contribution in [0.5, 0.6) is 0 Å². The number of para-hydroxylation sites is 2. The quantitative estimate of drug-likeness (QED) is 0.416. The van der Waals surface area contributed by atoms with E-state index in [0.717, 1.165) is 10.1 Å². The summed E-state index contributed by atoms with van der Waals surface area (Å²) in [5.41, 5.74) is -0.184. The van der Waals surface area contributed by atoms with Crippen LogP contribution in [0.1, 0.15) is 16.6 Å². The zero-order valence-corrected chi connectivity index (χ0v) is 14.5. The predicted octanol–water partition coefficient (Wildman–Crippen LogP) is 3.99. The molecule has 0 fully saturated rings. The lowest BCUT2D eigenvalue weighted by Gasteiger charge is -2.13. The van der Waals surface area contributed by atoms with E-state index in [9.17, 15) is 19.7 Å². The number of nitrogens with zero attached hydrogens (tertiary/aromatic N) is 1. The fourth-order valence-electron chi connectivity index (χ4n) is 2.33. The molecule has 1 amide bonds. The van der Waals surface area contributed by atoms with E-state index in [4.69, 9.17) is 4.74 Å². The van der Waals surface area contributed by atoms with Crippen LogP contribution in [-0.4, -0.2) is 22.9 Å². The van der Waals surface area contributed by atoms with Crippen LogP contribution in [0, 0.1) is 10.1 Å². The largest absolute Gasteiger partial charge is 0.448 e. The smallest absolute Gasteiger partial charge is 0.349 e. The lowest BCUT2D eigenvalue weighted by molar-refractivity contribution is -0.383. The van der Waals surface area contributed by atoms with Gasteiger partial charge in [-0.05, 0) is 30.5 Å². The highest BCUT2D eigenvalue weighted by atomic mass is 32.1. The van der Waals surface area contributed by atoms with Crippen LogP contribution in [0.4, 0.5) is 11.4 Å². The first kappa shape index (κ1) is 17.6. The van der Waals surface area contributed by atoms with Crippen molar-refractivity contribution in [1.82, 2.24) is 0 Å². The summed E-state index contributed by atoms with van der Waals surface area (Å²) in [7, 11) is 0. The van der Waals surface area contributed by atoms with E-state index in [1.165, 1.54) is 36.5 Å². The first-order valence-corrected chi connectivity index (χ1v) is 8.51. The van der Waals surface area contributed by atoms with Gasteiger partial charge in [-0.15, -0.1) is 11.3 Å². The summed E-state index contributed by atoms with van der Waals surface area (Å²) in [6.45, 7) is 1.41. The van der Waals surface area contributed by atoms with Crippen LogP contribution in [0.15, 0.2) is 54.6 Å². The van der Waals surface area contributed by atoms with E-state index in [0.29, 0.717) is 4.88 Å². The van der Waals surface area contributed by atoms with Gasteiger partial charge < -0.3 is 10.1 Å². The molecule has 0 aliphatic rings. The molecule has 1 heterocycles. The highest BCUT2D eigenvalue weighted by Gasteiger charge is 2.23. The number of nitro benzene ring substituents is 1. The van der Waals surface area contributed by atoms with Crippen LogP contribution in [0.2, 0.25) is 0 Å². The lowest BCUT2D eigenvalue weighted by Crippen LogP contribution is -2.30. The molecule has 7 nitrogen and oxygen atoms in total. The Bertz CT molecular complexity index is 965. The third-order valence-electron chi connectivity index (χ3n) is 3.64. The Labute approximate surface area is 152 Å². The maximum atomic E-state index is 12.3. The minimum absolute atomic E-state index is 0.0484. The second-order valence-corrected chi connectivity index (χ2v) is 6.54. The van der Waals surface area contributed by atoms with Gasteiger partial charge in [0.05, 0.1) is 4.92 Å². The Morgan fingerprint density at radius 2 is 1.85 bits per heavy atom. The molecule has 0 saturated heterocycles. The third kappa shape index (κ3) is 3.70. The number of carbonyl (C=O) groups excluding carboxylic acids is 2. The summed E-state index contributed by atoms with van der Waals surface area (Å²) in [5.74, 6) is -1.26. The van der Waals surface area contributed by atoms with Crippen LogP contribution in [0.3, 0.4) is 0 Å². The third-order valence-corrected chi connectivity index (χ3v) is 4.73. The highest BCUT2D eigenvalue weighted by molar-refractivity contribution is 7.20. The fourth-order valence-corrected chi connectivity index (χ4v) is 3.27. The number of thiophene rings is 1. The normalized spacial score (nSPS) is 11.7. The molecule has 0 spiro atoms. The Morgan fingerprint density at radius 3 is 2.58 bits per heavy atom. The Morgan fingerprint density at radius 1 is 1.15 bits per heavy atom. The molecule has 0 bridgehead atoms. The molecule has 0 aliphatic carbocycles. The van der Waals surface area contributed by atoms with Crippen LogP contribution >= 0.6 is 11.3 Å². The summed E-state index contributed by atoms with van der Waals surface area (Å²) in [6.07, 6.45) is -1.10. The topological polar surface area (TPSA) is 98.5 Å². The monoisotopic (exact) mass is 370 g/mol. The van der Waals surface area contributed by atoms with Crippen LogP contribution < -0.4 is 5.32 Å². The highest BCUT2D eigenvalue weighted by Crippen LogP contribution is 2.26. The van der Waals surface area contributed by atoms with Gasteiger partial charge in [-0.3, -0.25) is 14.9 Å². The molecule has 0 aliphatic heterocycles. The van der Waals surface area contributed by atoms with E-state index in [-0.39, 0.29) is 11.4 Å².